The molecule has 0 N–H and O–H groups in total. The largest absolute Gasteiger partial charge is 0.470 e. The summed E-state index contributed by atoms with van der Waals surface area (Å²) in [6, 6.07) is 13.5. The van der Waals surface area contributed by atoms with Gasteiger partial charge in [0.05, 0.1) is 4.47 Å². The Labute approximate surface area is 193 Å². The normalized spacial score (nSPS) is 14.6. The molecule has 1 aromatic heterocycles. The van der Waals surface area contributed by atoms with Crippen molar-refractivity contribution in [1.29, 1.82) is 0 Å². The van der Waals surface area contributed by atoms with Gasteiger partial charge in [0.2, 0.25) is 0 Å². The van der Waals surface area contributed by atoms with Gasteiger partial charge < -0.3 is 9.64 Å². The highest BCUT2D eigenvalue weighted by atomic mass is 79.9. The molecule has 0 aliphatic carbocycles. The maximum Gasteiger partial charge on any atom is 0.274 e. The fraction of sp³-hybridized carbons (Fsp3) is 0.273. The fourth-order valence-electron chi connectivity index (χ4n) is 3.39. The lowest BCUT2D eigenvalue weighted by Crippen LogP contribution is -2.48. The van der Waals surface area contributed by atoms with E-state index in [-0.39, 0.29) is 18.5 Å². The minimum absolute atomic E-state index is 0.0899. The smallest absolute Gasteiger partial charge is 0.274 e. The van der Waals surface area contributed by atoms with Crippen LogP contribution < -0.4 is 4.74 Å². The number of hydrogen-bond donors (Lipinski definition) is 0. The summed E-state index contributed by atoms with van der Waals surface area (Å²) < 4.78 is 21.1. The van der Waals surface area contributed by atoms with Crippen LogP contribution in [0.3, 0.4) is 0 Å². The summed E-state index contributed by atoms with van der Waals surface area (Å²) in [5, 5.41) is 4.97. The first kappa shape index (κ1) is 21.8. The van der Waals surface area contributed by atoms with Gasteiger partial charge in [-0.2, -0.15) is 5.10 Å². The Hall–Kier alpha value is -2.42. The topological polar surface area (TPSA) is 50.6 Å². The van der Waals surface area contributed by atoms with Crippen molar-refractivity contribution < 1.29 is 13.9 Å². The zero-order chi connectivity index (χ0) is 21.8. The molecule has 1 saturated heterocycles. The molecule has 3 aromatic rings. The lowest BCUT2D eigenvalue weighted by atomic mass is 10.2. The van der Waals surface area contributed by atoms with Crippen LogP contribution in [0.5, 0.6) is 5.75 Å². The summed E-state index contributed by atoms with van der Waals surface area (Å²) in [4.78, 5) is 16.9. The third kappa shape index (κ3) is 5.64. The first-order valence-electron chi connectivity index (χ1n) is 9.85. The molecule has 0 saturated carbocycles. The number of aromatic nitrogens is 2. The number of rotatable bonds is 6. The van der Waals surface area contributed by atoms with Crippen molar-refractivity contribution >= 4 is 33.4 Å². The number of ether oxygens (including phenoxy) is 1. The number of carbonyl (C=O) groups is 1. The highest BCUT2D eigenvalue weighted by molar-refractivity contribution is 9.10. The van der Waals surface area contributed by atoms with E-state index in [4.69, 9.17) is 16.3 Å². The maximum atomic E-state index is 13.1. The molecule has 4 rings (SSSR count). The van der Waals surface area contributed by atoms with Crippen LogP contribution in [-0.4, -0.2) is 51.7 Å². The van der Waals surface area contributed by atoms with Crippen LogP contribution in [0.1, 0.15) is 16.1 Å². The minimum Gasteiger partial charge on any atom is -0.470 e. The van der Waals surface area contributed by atoms with E-state index < -0.39 is 0 Å². The molecule has 9 heteroatoms. The molecular formula is C22H21BrClFN4O2. The summed E-state index contributed by atoms with van der Waals surface area (Å²) in [6.45, 7) is 3.70. The van der Waals surface area contributed by atoms with Gasteiger partial charge in [-0.1, -0.05) is 23.7 Å². The van der Waals surface area contributed by atoms with Crippen molar-refractivity contribution in [2.45, 2.75) is 13.3 Å². The standard InChI is InChI=1S/C22H21BrClFN4O2/c23-19-13-17(24)3-6-21(19)31-15-29-8-7-20(26-29)22(30)28-11-9-27(10-12-28)14-16-1-4-18(25)5-2-16/h1-8,13H,9-12,14-15H2. The van der Waals surface area contributed by atoms with Gasteiger partial charge in [0.15, 0.2) is 12.4 Å². The molecular weight excluding hydrogens is 487 g/mol. The van der Waals surface area contributed by atoms with Crippen molar-refractivity contribution in [1.82, 2.24) is 19.6 Å². The van der Waals surface area contributed by atoms with Gasteiger partial charge >= 0.3 is 0 Å². The van der Waals surface area contributed by atoms with E-state index in [9.17, 15) is 9.18 Å². The van der Waals surface area contributed by atoms with Crippen molar-refractivity contribution in [3.63, 3.8) is 0 Å². The van der Waals surface area contributed by atoms with E-state index in [0.717, 1.165) is 29.7 Å². The van der Waals surface area contributed by atoms with Crippen LogP contribution in [0.25, 0.3) is 0 Å². The van der Waals surface area contributed by atoms with E-state index in [0.29, 0.717) is 29.6 Å². The maximum absolute atomic E-state index is 13.1. The highest BCUT2D eigenvalue weighted by Crippen LogP contribution is 2.28. The molecule has 2 heterocycles. The van der Waals surface area contributed by atoms with Gasteiger partial charge in [0.1, 0.15) is 11.6 Å². The Morgan fingerprint density at radius 2 is 1.84 bits per heavy atom. The van der Waals surface area contributed by atoms with Crippen LogP contribution in [-0.2, 0) is 13.3 Å². The van der Waals surface area contributed by atoms with Gasteiger partial charge in [0, 0.05) is 43.9 Å². The summed E-state index contributed by atoms with van der Waals surface area (Å²) in [5.41, 5.74) is 1.46. The average Bonchev–Trinajstić information content (AvgIpc) is 3.24. The predicted octanol–water partition coefficient (Wildman–Crippen LogP) is 4.43. The number of amides is 1. The van der Waals surface area contributed by atoms with Crippen LogP contribution >= 0.6 is 27.5 Å². The monoisotopic (exact) mass is 506 g/mol. The van der Waals surface area contributed by atoms with E-state index >= 15 is 0 Å². The second-order valence-electron chi connectivity index (χ2n) is 7.28. The Morgan fingerprint density at radius 3 is 2.55 bits per heavy atom. The molecule has 1 aliphatic rings. The Kier molecular flexibility index (Phi) is 6.89. The third-order valence-corrected chi connectivity index (χ3v) is 5.94. The quantitative estimate of drug-likeness (QED) is 0.495. The number of carbonyl (C=O) groups excluding carboxylic acids is 1. The Morgan fingerprint density at radius 1 is 1.10 bits per heavy atom. The molecule has 6 nitrogen and oxygen atoms in total. The second-order valence-corrected chi connectivity index (χ2v) is 8.57. The van der Waals surface area contributed by atoms with E-state index in [2.05, 4.69) is 25.9 Å². The predicted molar refractivity (Wildman–Crippen MR) is 120 cm³/mol. The number of piperazine rings is 1. The zero-order valence-corrected chi connectivity index (χ0v) is 19.0. The lowest BCUT2D eigenvalue weighted by molar-refractivity contribution is 0.0620. The first-order valence-corrected chi connectivity index (χ1v) is 11.0. The third-order valence-electron chi connectivity index (χ3n) is 5.08. The van der Waals surface area contributed by atoms with Crippen molar-refractivity contribution in [3.05, 3.63) is 81.3 Å². The second kappa shape index (κ2) is 9.80. The zero-order valence-electron chi connectivity index (χ0n) is 16.7. The summed E-state index contributed by atoms with van der Waals surface area (Å²) >= 11 is 9.35. The number of nitrogens with zero attached hydrogens (tertiary/aromatic N) is 4. The lowest BCUT2D eigenvalue weighted by Gasteiger charge is -2.34. The Balaban J connectivity index is 1.28. The molecule has 2 aromatic carbocycles. The van der Waals surface area contributed by atoms with Gasteiger partial charge in [-0.25, -0.2) is 9.07 Å². The fourth-order valence-corrected chi connectivity index (χ4v) is 4.19. The van der Waals surface area contributed by atoms with Gasteiger partial charge in [0.25, 0.3) is 5.91 Å². The SMILES string of the molecule is O=C(c1ccn(COc2ccc(Cl)cc2Br)n1)N1CCN(Cc2ccc(F)cc2)CC1. The summed E-state index contributed by atoms with van der Waals surface area (Å²) in [6.07, 6.45) is 1.72. The van der Waals surface area contributed by atoms with Gasteiger partial charge in [-0.05, 0) is 57.9 Å². The van der Waals surface area contributed by atoms with E-state index in [1.54, 1.807) is 47.3 Å². The first-order chi connectivity index (χ1) is 15.0. The molecule has 1 amide bonds. The molecule has 0 bridgehead atoms. The molecule has 31 heavy (non-hydrogen) atoms. The van der Waals surface area contributed by atoms with E-state index in [1.165, 1.54) is 12.1 Å². The molecule has 0 atom stereocenters. The molecule has 0 spiro atoms. The highest BCUT2D eigenvalue weighted by Gasteiger charge is 2.23. The van der Waals surface area contributed by atoms with E-state index in [1.807, 2.05) is 4.90 Å². The molecule has 1 aliphatic heterocycles. The number of halogens is 3. The summed E-state index contributed by atoms with van der Waals surface area (Å²) in [7, 11) is 0. The molecule has 0 radical (unpaired) electrons. The van der Waals surface area contributed by atoms with Gasteiger partial charge in [-0.15, -0.1) is 0 Å². The van der Waals surface area contributed by atoms with Crippen LogP contribution in [0, 0.1) is 5.82 Å². The molecule has 1 fully saturated rings. The molecule has 162 valence electrons. The number of benzene rings is 2. The minimum atomic E-state index is -0.232. The molecule has 0 unspecified atom stereocenters. The van der Waals surface area contributed by atoms with Crippen LogP contribution in [0.2, 0.25) is 5.02 Å². The number of hydrogen-bond acceptors (Lipinski definition) is 4. The van der Waals surface area contributed by atoms with Gasteiger partial charge in [-0.3, -0.25) is 9.69 Å². The van der Waals surface area contributed by atoms with Crippen molar-refractivity contribution in [3.8, 4) is 5.75 Å². The van der Waals surface area contributed by atoms with Crippen molar-refractivity contribution in [2.75, 3.05) is 26.2 Å². The van der Waals surface area contributed by atoms with Crippen molar-refractivity contribution in [2.24, 2.45) is 0 Å². The summed E-state index contributed by atoms with van der Waals surface area (Å²) in [5.74, 6) is 0.322. The van der Waals surface area contributed by atoms with Crippen LogP contribution in [0.4, 0.5) is 4.39 Å². The average molecular weight is 508 g/mol. The van der Waals surface area contributed by atoms with Crippen LogP contribution in [0.15, 0.2) is 59.2 Å². The Bertz CT molecular complexity index is 1050.